The zero-order chi connectivity index (χ0) is 24.6. The van der Waals surface area contributed by atoms with Crippen molar-refractivity contribution in [1.29, 1.82) is 0 Å². The number of methoxy groups -OCH3 is 1. The van der Waals surface area contributed by atoms with Gasteiger partial charge < -0.3 is 4.74 Å². The maximum atomic E-state index is 13.9. The molecule has 1 N–H and O–H groups in total. The molecule has 2 amide bonds. The Morgan fingerprint density at radius 3 is 2.50 bits per heavy atom. The molecule has 34 heavy (non-hydrogen) atoms. The molecule has 0 radical (unpaired) electrons. The van der Waals surface area contributed by atoms with Crippen LogP contribution in [0.3, 0.4) is 0 Å². The van der Waals surface area contributed by atoms with Crippen molar-refractivity contribution in [3.05, 3.63) is 65.2 Å². The molecule has 4 unspecified atom stereocenters. The van der Waals surface area contributed by atoms with Crippen LogP contribution in [0, 0.1) is 18.8 Å². The number of ether oxygens (including phenoxy) is 1. The van der Waals surface area contributed by atoms with Gasteiger partial charge in [-0.2, -0.15) is 11.8 Å². The standard InChI is InChI=1S/C26H28N2O5S/c1-15-8-5-6-11-19(15)22-20-21(26(27-22,12-13-34-4)25(32)33-3)24(31)28(23(20)30)18-10-7-9-17(14-18)16(2)29/h5-11,14,20-22,27H,12-13H2,1-4H3. The summed E-state index contributed by atoms with van der Waals surface area (Å²) < 4.78 is 5.19. The van der Waals surface area contributed by atoms with Crippen molar-refractivity contribution in [2.24, 2.45) is 11.8 Å². The average Bonchev–Trinajstić information content (AvgIpc) is 3.31. The highest BCUT2D eigenvalue weighted by molar-refractivity contribution is 7.98. The molecule has 0 saturated carbocycles. The van der Waals surface area contributed by atoms with Crippen molar-refractivity contribution in [1.82, 2.24) is 5.32 Å². The van der Waals surface area contributed by atoms with Gasteiger partial charge in [0.05, 0.1) is 24.6 Å². The number of thioether (sulfide) groups is 1. The highest BCUT2D eigenvalue weighted by Gasteiger charge is 2.68. The molecule has 7 nitrogen and oxygen atoms in total. The lowest BCUT2D eigenvalue weighted by molar-refractivity contribution is -0.152. The number of benzene rings is 2. The average molecular weight is 481 g/mol. The van der Waals surface area contributed by atoms with E-state index in [1.807, 2.05) is 37.4 Å². The summed E-state index contributed by atoms with van der Waals surface area (Å²) in [4.78, 5) is 54.1. The van der Waals surface area contributed by atoms with Gasteiger partial charge >= 0.3 is 5.97 Å². The van der Waals surface area contributed by atoms with Gasteiger partial charge in [0.2, 0.25) is 11.8 Å². The van der Waals surface area contributed by atoms with E-state index < -0.39 is 35.3 Å². The van der Waals surface area contributed by atoms with Crippen molar-refractivity contribution >= 4 is 41.0 Å². The fourth-order valence-corrected chi connectivity index (χ4v) is 5.81. The number of fused-ring (bicyclic) bond motifs is 1. The van der Waals surface area contributed by atoms with Crippen LogP contribution in [-0.2, 0) is 19.1 Å². The largest absolute Gasteiger partial charge is 0.468 e. The van der Waals surface area contributed by atoms with Crippen LogP contribution in [0.5, 0.6) is 0 Å². The van der Waals surface area contributed by atoms with Gasteiger partial charge in [-0.15, -0.1) is 0 Å². The van der Waals surface area contributed by atoms with E-state index >= 15 is 0 Å². The first-order valence-corrected chi connectivity index (χ1v) is 12.6. The van der Waals surface area contributed by atoms with E-state index in [9.17, 15) is 19.2 Å². The number of aryl methyl sites for hydroxylation is 1. The Bertz CT molecular complexity index is 1170. The van der Waals surface area contributed by atoms with E-state index in [1.54, 1.807) is 36.0 Å². The minimum Gasteiger partial charge on any atom is -0.468 e. The molecule has 0 bridgehead atoms. The minimum atomic E-state index is -1.34. The fourth-order valence-electron chi connectivity index (χ4n) is 5.29. The number of imide groups is 1. The Hall–Kier alpha value is -2.97. The van der Waals surface area contributed by atoms with Gasteiger partial charge in [0.1, 0.15) is 5.54 Å². The first-order chi connectivity index (χ1) is 16.3. The highest BCUT2D eigenvalue weighted by atomic mass is 32.2. The van der Waals surface area contributed by atoms with Crippen LogP contribution < -0.4 is 10.2 Å². The molecule has 0 aromatic heterocycles. The second kappa shape index (κ2) is 9.35. The fraction of sp³-hybridized carbons (Fsp3) is 0.385. The van der Waals surface area contributed by atoms with Crippen LogP contribution in [0.25, 0.3) is 0 Å². The second-order valence-electron chi connectivity index (χ2n) is 8.81. The van der Waals surface area contributed by atoms with Crippen LogP contribution >= 0.6 is 11.8 Å². The van der Waals surface area contributed by atoms with Gasteiger partial charge in [0.25, 0.3) is 0 Å². The molecule has 0 aliphatic carbocycles. The maximum absolute atomic E-state index is 13.9. The second-order valence-corrected chi connectivity index (χ2v) is 9.79. The molecule has 2 fully saturated rings. The third-order valence-corrected chi connectivity index (χ3v) is 7.55. The van der Waals surface area contributed by atoms with Crippen molar-refractivity contribution in [2.45, 2.75) is 31.8 Å². The first-order valence-electron chi connectivity index (χ1n) is 11.2. The van der Waals surface area contributed by atoms with Crippen LogP contribution in [0.4, 0.5) is 5.69 Å². The summed E-state index contributed by atoms with van der Waals surface area (Å²) in [5.74, 6) is -2.65. The molecule has 2 saturated heterocycles. The Morgan fingerprint density at radius 1 is 1.12 bits per heavy atom. The van der Waals surface area contributed by atoms with Gasteiger partial charge in [-0.05, 0) is 55.5 Å². The molecule has 178 valence electrons. The number of amides is 2. The Morgan fingerprint density at radius 2 is 1.85 bits per heavy atom. The monoisotopic (exact) mass is 480 g/mol. The minimum absolute atomic E-state index is 0.163. The first kappa shape index (κ1) is 24.2. The molecule has 2 aromatic rings. The third-order valence-electron chi connectivity index (χ3n) is 6.94. The molecular weight excluding hydrogens is 452 g/mol. The molecule has 0 spiro atoms. The predicted octanol–water partition coefficient (Wildman–Crippen LogP) is 3.31. The lowest BCUT2D eigenvalue weighted by Crippen LogP contribution is -2.56. The van der Waals surface area contributed by atoms with Crippen LogP contribution in [0.15, 0.2) is 48.5 Å². The van der Waals surface area contributed by atoms with Gasteiger partial charge in [0.15, 0.2) is 5.78 Å². The van der Waals surface area contributed by atoms with Crippen molar-refractivity contribution in [2.75, 3.05) is 24.0 Å². The number of rotatable bonds is 7. The van der Waals surface area contributed by atoms with Gasteiger partial charge in [-0.25, -0.2) is 4.90 Å². The number of Topliss-reactive ketones (excluding diaryl/α,β-unsaturated/α-hetero) is 1. The van der Waals surface area contributed by atoms with Gasteiger partial charge in [0, 0.05) is 11.6 Å². The van der Waals surface area contributed by atoms with Crippen molar-refractivity contribution < 1.29 is 23.9 Å². The highest BCUT2D eigenvalue weighted by Crippen LogP contribution is 2.52. The summed E-state index contributed by atoms with van der Waals surface area (Å²) in [5, 5.41) is 3.40. The maximum Gasteiger partial charge on any atom is 0.326 e. The summed E-state index contributed by atoms with van der Waals surface area (Å²) >= 11 is 1.56. The topological polar surface area (TPSA) is 92.8 Å². The van der Waals surface area contributed by atoms with E-state index in [-0.39, 0.29) is 11.7 Å². The van der Waals surface area contributed by atoms with Gasteiger partial charge in [-0.1, -0.05) is 36.4 Å². The number of anilines is 1. The molecule has 2 heterocycles. The number of carbonyl (C=O) groups is 4. The molecular formula is C26H28N2O5S. The summed E-state index contributed by atoms with van der Waals surface area (Å²) in [5.41, 5.74) is 1.23. The van der Waals surface area contributed by atoms with Gasteiger partial charge in [-0.3, -0.25) is 24.5 Å². The van der Waals surface area contributed by atoms with Crippen molar-refractivity contribution in [3.63, 3.8) is 0 Å². The summed E-state index contributed by atoms with van der Waals surface area (Å²) in [6.07, 6.45) is 2.27. The number of hydrogen-bond acceptors (Lipinski definition) is 7. The van der Waals surface area contributed by atoms with Crippen LogP contribution in [0.2, 0.25) is 0 Å². The molecule has 8 heteroatoms. The lowest BCUT2D eigenvalue weighted by atomic mass is 9.77. The Labute approximate surface area is 203 Å². The number of ketones is 1. The number of hydrogen-bond donors (Lipinski definition) is 1. The molecule has 2 aliphatic rings. The van der Waals surface area contributed by atoms with E-state index in [4.69, 9.17) is 4.74 Å². The number of nitrogens with one attached hydrogen (secondary N) is 1. The zero-order valence-corrected chi connectivity index (χ0v) is 20.5. The van der Waals surface area contributed by atoms with Crippen LogP contribution in [0.1, 0.15) is 40.9 Å². The van der Waals surface area contributed by atoms with Crippen LogP contribution in [-0.4, -0.2) is 48.2 Å². The molecule has 2 aliphatic heterocycles. The summed E-state index contributed by atoms with van der Waals surface area (Å²) in [6.45, 7) is 3.38. The SMILES string of the molecule is COC(=O)C1(CCSC)NC(c2ccccc2C)C2C(=O)N(c3cccc(C(C)=O)c3)C(=O)C21. The number of nitrogens with zero attached hydrogens (tertiary/aromatic N) is 1. The van der Waals surface area contributed by atoms with E-state index in [2.05, 4.69) is 5.32 Å². The smallest absolute Gasteiger partial charge is 0.326 e. The Balaban J connectivity index is 1.88. The normalized spacial score (nSPS) is 26.0. The molecule has 2 aromatic carbocycles. The van der Waals surface area contributed by atoms with E-state index in [1.165, 1.54) is 14.0 Å². The van der Waals surface area contributed by atoms with E-state index in [0.29, 0.717) is 23.4 Å². The molecule has 4 rings (SSSR count). The summed E-state index contributed by atoms with van der Waals surface area (Å²) in [7, 11) is 1.30. The quantitative estimate of drug-likeness (QED) is 0.369. The number of esters is 1. The van der Waals surface area contributed by atoms with E-state index in [0.717, 1.165) is 16.0 Å². The predicted molar refractivity (Wildman–Crippen MR) is 131 cm³/mol. The third kappa shape index (κ3) is 3.75. The number of carbonyl (C=O) groups excluding carboxylic acids is 4. The van der Waals surface area contributed by atoms with Crippen molar-refractivity contribution in [3.8, 4) is 0 Å². The Kier molecular flexibility index (Phi) is 6.64. The molecule has 4 atom stereocenters. The lowest BCUT2D eigenvalue weighted by Gasteiger charge is -2.32. The summed E-state index contributed by atoms with van der Waals surface area (Å²) in [6, 6.07) is 13.6. The zero-order valence-electron chi connectivity index (χ0n) is 19.7.